The predicted octanol–water partition coefficient (Wildman–Crippen LogP) is 1.49. The molecule has 11 heavy (non-hydrogen) atoms. The zero-order valence-corrected chi connectivity index (χ0v) is 7.47. The van der Waals surface area contributed by atoms with Crippen LogP contribution in [0.4, 0.5) is 0 Å². The van der Waals surface area contributed by atoms with Crippen LogP contribution in [-0.4, -0.2) is 19.0 Å². The Kier molecular flexibility index (Phi) is 2.12. The summed E-state index contributed by atoms with van der Waals surface area (Å²) in [7, 11) is -1.97. The van der Waals surface area contributed by atoms with Gasteiger partial charge in [0, 0.05) is 24.2 Å². The van der Waals surface area contributed by atoms with Gasteiger partial charge in [-0.05, 0) is 6.66 Å². The van der Waals surface area contributed by atoms with E-state index in [-0.39, 0.29) is 11.8 Å². The third-order valence-corrected chi connectivity index (χ3v) is 4.41. The van der Waals surface area contributed by atoms with E-state index in [0.717, 1.165) is 0 Å². The molecule has 0 amide bonds. The standard InChI is InChI=1S/C9H11OP/c1-4-8-6-11(3,10)7-9(8)5-2/h1-2,8-9H,6-7H2,3H3. The fraction of sp³-hybridized carbons (Fsp3) is 0.556. The molecule has 0 spiro atoms. The summed E-state index contributed by atoms with van der Waals surface area (Å²) in [6.45, 7) is 1.79. The van der Waals surface area contributed by atoms with E-state index in [2.05, 4.69) is 11.8 Å². The highest BCUT2D eigenvalue weighted by atomic mass is 31.2. The summed E-state index contributed by atoms with van der Waals surface area (Å²) >= 11 is 0. The maximum absolute atomic E-state index is 11.6. The minimum absolute atomic E-state index is 0.0517. The monoisotopic (exact) mass is 166 g/mol. The van der Waals surface area contributed by atoms with Crippen molar-refractivity contribution in [1.82, 2.24) is 0 Å². The van der Waals surface area contributed by atoms with Crippen LogP contribution < -0.4 is 0 Å². The minimum atomic E-state index is -1.97. The van der Waals surface area contributed by atoms with Crippen molar-refractivity contribution in [3.05, 3.63) is 0 Å². The normalized spacial score (nSPS) is 42.8. The van der Waals surface area contributed by atoms with Crippen LogP contribution >= 0.6 is 7.14 Å². The van der Waals surface area contributed by atoms with Crippen LogP contribution in [0, 0.1) is 36.5 Å². The van der Waals surface area contributed by atoms with Crippen molar-refractivity contribution in [2.45, 2.75) is 0 Å². The van der Waals surface area contributed by atoms with Gasteiger partial charge in [-0.1, -0.05) is 0 Å². The molecule has 2 atom stereocenters. The fourth-order valence-corrected chi connectivity index (χ4v) is 4.03. The largest absolute Gasteiger partial charge is 0.324 e. The van der Waals surface area contributed by atoms with Gasteiger partial charge in [0.25, 0.3) is 0 Å². The Balaban J connectivity index is 2.82. The van der Waals surface area contributed by atoms with E-state index in [1.807, 2.05) is 0 Å². The quantitative estimate of drug-likeness (QED) is 0.393. The van der Waals surface area contributed by atoms with Gasteiger partial charge >= 0.3 is 0 Å². The molecule has 0 aliphatic carbocycles. The summed E-state index contributed by atoms with van der Waals surface area (Å²) in [6, 6.07) is 0. The second kappa shape index (κ2) is 2.77. The zero-order chi connectivity index (χ0) is 8.48. The molecule has 0 saturated carbocycles. The second-order valence-corrected chi connectivity index (χ2v) is 6.53. The molecule has 0 radical (unpaired) electrons. The molecule has 0 aromatic heterocycles. The van der Waals surface area contributed by atoms with Crippen LogP contribution in [0.15, 0.2) is 0 Å². The van der Waals surface area contributed by atoms with E-state index in [0.29, 0.717) is 12.3 Å². The van der Waals surface area contributed by atoms with Crippen LogP contribution in [0.2, 0.25) is 0 Å². The van der Waals surface area contributed by atoms with Gasteiger partial charge in [-0.25, -0.2) is 0 Å². The van der Waals surface area contributed by atoms with Crippen molar-refractivity contribution in [3.8, 4) is 24.7 Å². The highest BCUT2D eigenvalue weighted by molar-refractivity contribution is 7.63. The average molecular weight is 166 g/mol. The molecule has 1 saturated heterocycles. The molecular weight excluding hydrogens is 155 g/mol. The fourth-order valence-electron chi connectivity index (χ4n) is 1.50. The number of terminal acetylenes is 2. The van der Waals surface area contributed by atoms with Crippen LogP contribution in [0.25, 0.3) is 0 Å². The van der Waals surface area contributed by atoms with E-state index in [1.54, 1.807) is 6.66 Å². The third-order valence-electron chi connectivity index (χ3n) is 2.08. The maximum atomic E-state index is 11.6. The van der Waals surface area contributed by atoms with E-state index < -0.39 is 7.14 Å². The summed E-state index contributed by atoms with van der Waals surface area (Å²) in [5.74, 6) is 5.32. The molecule has 2 heteroatoms. The number of rotatable bonds is 0. The molecule has 0 bridgehead atoms. The van der Waals surface area contributed by atoms with Gasteiger partial charge in [0.2, 0.25) is 0 Å². The Morgan fingerprint density at radius 1 is 1.27 bits per heavy atom. The van der Waals surface area contributed by atoms with E-state index in [4.69, 9.17) is 12.8 Å². The molecule has 1 heterocycles. The van der Waals surface area contributed by atoms with Crippen molar-refractivity contribution in [1.29, 1.82) is 0 Å². The Labute approximate surface area is 67.9 Å². The van der Waals surface area contributed by atoms with E-state index in [1.165, 1.54) is 0 Å². The summed E-state index contributed by atoms with van der Waals surface area (Å²) in [4.78, 5) is 0. The summed E-state index contributed by atoms with van der Waals surface area (Å²) < 4.78 is 11.6. The Morgan fingerprint density at radius 3 is 1.91 bits per heavy atom. The predicted molar refractivity (Wildman–Crippen MR) is 47.9 cm³/mol. The smallest absolute Gasteiger partial charge is 0.0873 e. The lowest BCUT2D eigenvalue weighted by molar-refractivity contribution is 0.582. The van der Waals surface area contributed by atoms with Gasteiger partial charge in [0.15, 0.2) is 0 Å². The third kappa shape index (κ3) is 1.68. The molecule has 1 fully saturated rings. The molecule has 1 rings (SSSR count). The van der Waals surface area contributed by atoms with Gasteiger partial charge in [0.1, 0.15) is 0 Å². The van der Waals surface area contributed by atoms with Crippen molar-refractivity contribution in [2.75, 3.05) is 19.0 Å². The van der Waals surface area contributed by atoms with Crippen LogP contribution in [0.3, 0.4) is 0 Å². The molecule has 0 N–H and O–H groups in total. The molecule has 58 valence electrons. The van der Waals surface area contributed by atoms with Crippen LogP contribution in [0.1, 0.15) is 0 Å². The van der Waals surface area contributed by atoms with Crippen molar-refractivity contribution in [3.63, 3.8) is 0 Å². The highest BCUT2D eigenvalue weighted by Gasteiger charge is 2.36. The lowest BCUT2D eigenvalue weighted by atomic mass is 9.98. The Bertz CT molecular complexity index is 253. The Hall–Kier alpha value is -0.650. The summed E-state index contributed by atoms with van der Waals surface area (Å²) in [5, 5.41) is 0. The average Bonchev–Trinajstić information content (AvgIpc) is 2.25. The van der Waals surface area contributed by atoms with Gasteiger partial charge < -0.3 is 4.57 Å². The number of hydrogen-bond acceptors (Lipinski definition) is 1. The first-order chi connectivity index (χ1) is 5.09. The summed E-state index contributed by atoms with van der Waals surface area (Å²) in [5.41, 5.74) is 0. The molecule has 1 aliphatic rings. The second-order valence-electron chi connectivity index (χ2n) is 3.21. The first kappa shape index (κ1) is 8.45. The van der Waals surface area contributed by atoms with Gasteiger partial charge in [0.05, 0.1) is 7.14 Å². The molecule has 1 nitrogen and oxygen atoms in total. The lowest BCUT2D eigenvalue weighted by Crippen LogP contribution is -2.06. The molecular formula is C9H11OP. The molecule has 0 aromatic carbocycles. The topological polar surface area (TPSA) is 17.1 Å². The van der Waals surface area contributed by atoms with Gasteiger partial charge in [-0.15, -0.1) is 24.7 Å². The highest BCUT2D eigenvalue weighted by Crippen LogP contribution is 2.52. The first-order valence-electron chi connectivity index (χ1n) is 3.57. The van der Waals surface area contributed by atoms with Gasteiger partial charge in [-0.2, -0.15) is 0 Å². The minimum Gasteiger partial charge on any atom is -0.324 e. The maximum Gasteiger partial charge on any atom is 0.0873 e. The van der Waals surface area contributed by atoms with Gasteiger partial charge in [-0.3, -0.25) is 0 Å². The summed E-state index contributed by atoms with van der Waals surface area (Å²) in [6.07, 6.45) is 11.8. The zero-order valence-electron chi connectivity index (χ0n) is 6.58. The van der Waals surface area contributed by atoms with Crippen LogP contribution in [-0.2, 0) is 4.57 Å². The van der Waals surface area contributed by atoms with Crippen molar-refractivity contribution in [2.24, 2.45) is 11.8 Å². The molecule has 1 aliphatic heterocycles. The molecule has 2 unspecified atom stereocenters. The first-order valence-corrected chi connectivity index (χ1v) is 6.09. The van der Waals surface area contributed by atoms with Crippen LogP contribution in [0.5, 0.6) is 0 Å². The van der Waals surface area contributed by atoms with Crippen molar-refractivity contribution >= 4 is 7.14 Å². The molecule has 0 aromatic rings. The Morgan fingerprint density at radius 2 is 1.64 bits per heavy atom. The van der Waals surface area contributed by atoms with E-state index in [9.17, 15) is 4.57 Å². The SMILES string of the molecule is C#CC1CP(C)(=O)CC1C#C. The van der Waals surface area contributed by atoms with E-state index >= 15 is 0 Å². The number of hydrogen-bond donors (Lipinski definition) is 0. The van der Waals surface area contributed by atoms with Crippen molar-refractivity contribution < 1.29 is 4.57 Å². The lowest BCUT2D eigenvalue weighted by Gasteiger charge is -2.02.